The topological polar surface area (TPSA) is 67.1 Å². The van der Waals surface area contributed by atoms with Gasteiger partial charge in [0, 0.05) is 19.1 Å². The first-order valence-corrected chi connectivity index (χ1v) is 7.49. The minimum absolute atomic E-state index is 0.0245. The molecular formula is C14H29N3O. The van der Waals surface area contributed by atoms with E-state index in [0.29, 0.717) is 6.54 Å². The van der Waals surface area contributed by atoms with E-state index in [1.54, 1.807) is 0 Å². The van der Waals surface area contributed by atoms with Gasteiger partial charge in [-0.2, -0.15) is 0 Å². The highest BCUT2D eigenvalue weighted by Gasteiger charge is 2.25. The monoisotopic (exact) mass is 255 g/mol. The SMILES string of the molecule is CCCNCCNC(=O)C1CCCCCCC1N. The average molecular weight is 255 g/mol. The molecule has 1 fully saturated rings. The van der Waals surface area contributed by atoms with Crippen LogP contribution < -0.4 is 16.4 Å². The van der Waals surface area contributed by atoms with Crippen molar-refractivity contribution >= 4 is 5.91 Å². The molecule has 0 aromatic rings. The van der Waals surface area contributed by atoms with Gasteiger partial charge in [0.25, 0.3) is 0 Å². The lowest BCUT2D eigenvalue weighted by Crippen LogP contribution is -2.44. The van der Waals surface area contributed by atoms with Crippen molar-refractivity contribution in [1.82, 2.24) is 10.6 Å². The normalized spacial score (nSPS) is 25.2. The Labute approximate surface area is 111 Å². The van der Waals surface area contributed by atoms with E-state index >= 15 is 0 Å². The van der Waals surface area contributed by atoms with Gasteiger partial charge >= 0.3 is 0 Å². The lowest BCUT2D eigenvalue weighted by molar-refractivity contribution is -0.126. The van der Waals surface area contributed by atoms with Crippen molar-refractivity contribution in [2.45, 2.75) is 57.9 Å². The Balaban J connectivity index is 2.24. The Morgan fingerprint density at radius 1 is 1.11 bits per heavy atom. The van der Waals surface area contributed by atoms with Gasteiger partial charge in [-0.25, -0.2) is 0 Å². The van der Waals surface area contributed by atoms with Crippen molar-refractivity contribution in [3.8, 4) is 0 Å². The summed E-state index contributed by atoms with van der Waals surface area (Å²) in [7, 11) is 0. The fourth-order valence-corrected chi connectivity index (χ4v) is 2.55. The Kier molecular flexibility index (Phi) is 8.01. The molecule has 0 aromatic heterocycles. The number of nitrogens with two attached hydrogens (primary N) is 1. The number of hydrogen-bond acceptors (Lipinski definition) is 3. The fraction of sp³-hybridized carbons (Fsp3) is 0.929. The molecule has 0 saturated heterocycles. The number of amides is 1. The van der Waals surface area contributed by atoms with Crippen LogP contribution in [0.5, 0.6) is 0 Å². The van der Waals surface area contributed by atoms with Crippen molar-refractivity contribution in [1.29, 1.82) is 0 Å². The van der Waals surface area contributed by atoms with Gasteiger partial charge < -0.3 is 16.4 Å². The summed E-state index contributed by atoms with van der Waals surface area (Å²) in [6, 6.07) is 0.0499. The molecule has 1 aliphatic carbocycles. The first-order chi connectivity index (χ1) is 8.75. The van der Waals surface area contributed by atoms with Crippen molar-refractivity contribution in [3.63, 3.8) is 0 Å². The summed E-state index contributed by atoms with van der Waals surface area (Å²) in [4.78, 5) is 12.1. The van der Waals surface area contributed by atoms with E-state index in [1.165, 1.54) is 19.3 Å². The maximum absolute atomic E-state index is 12.1. The van der Waals surface area contributed by atoms with Crippen molar-refractivity contribution in [2.75, 3.05) is 19.6 Å². The Morgan fingerprint density at radius 2 is 1.83 bits per heavy atom. The highest BCUT2D eigenvalue weighted by molar-refractivity contribution is 5.79. The Morgan fingerprint density at radius 3 is 2.56 bits per heavy atom. The zero-order chi connectivity index (χ0) is 13.2. The summed E-state index contributed by atoms with van der Waals surface area (Å²) in [6.45, 7) is 4.71. The molecule has 4 N–H and O–H groups in total. The van der Waals surface area contributed by atoms with E-state index in [1.807, 2.05) is 0 Å². The number of carbonyl (C=O) groups excluding carboxylic acids is 1. The van der Waals surface area contributed by atoms with Crippen LogP contribution in [-0.4, -0.2) is 31.6 Å². The predicted octanol–water partition coefficient (Wildman–Crippen LogP) is 1.40. The van der Waals surface area contributed by atoms with E-state index in [9.17, 15) is 4.79 Å². The maximum Gasteiger partial charge on any atom is 0.224 e. The van der Waals surface area contributed by atoms with Crippen LogP contribution in [0.15, 0.2) is 0 Å². The van der Waals surface area contributed by atoms with Crippen LogP contribution in [0.3, 0.4) is 0 Å². The van der Waals surface area contributed by atoms with Gasteiger partial charge in [-0.3, -0.25) is 4.79 Å². The smallest absolute Gasteiger partial charge is 0.224 e. The van der Waals surface area contributed by atoms with Crippen LogP contribution in [0.4, 0.5) is 0 Å². The van der Waals surface area contributed by atoms with Crippen LogP contribution in [0.25, 0.3) is 0 Å². The summed E-state index contributed by atoms with van der Waals surface area (Å²) in [5, 5.41) is 6.29. The van der Waals surface area contributed by atoms with Crippen LogP contribution in [0.1, 0.15) is 51.9 Å². The number of rotatable bonds is 6. The molecule has 2 unspecified atom stereocenters. The molecule has 0 aliphatic heterocycles. The van der Waals surface area contributed by atoms with Crippen LogP contribution in [0.2, 0.25) is 0 Å². The average Bonchev–Trinajstić information content (AvgIpc) is 2.34. The second-order valence-corrected chi connectivity index (χ2v) is 5.30. The molecule has 0 bridgehead atoms. The largest absolute Gasteiger partial charge is 0.355 e. The fourth-order valence-electron chi connectivity index (χ4n) is 2.55. The highest BCUT2D eigenvalue weighted by atomic mass is 16.1. The summed E-state index contributed by atoms with van der Waals surface area (Å²) in [6.07, 6.45) is 7.89. The summed E-state index contributed by atoms with van der Waals surface area (Å²) >= 11 is 0. The molecule has 4 nitrogen and oxygen atoms in total. The van der Waals surface area contributed by atoms with E-state index in [2.05, 4.69) is 17.6 Å². The van der Waals surface area contributed by atoms with Gasteiger partial charge in [0.15, 0.2) is 0 Å². The lowest BCUT2D eigenvalue weighted by atomic mass is 9.87. The number of nitrogens with one attached hydrogen (secondary N) is 2. The molecule has 0 radical (unpaired) electrons. The Bertz CT molecular complexity index is 233. The van der Waals surface area contributed by atoms with Gasteiger partial charge in [-0.1, -0.05) is 32.6 Å². The third kappa shape index (κ3) is 5.83. The summed E-state index contributed by atoms with van der Waals surface area (Å²) in [5.74, 6) is 0.180. The van der Waals surface area contributed by atoms with Gasteiger partial charge in [0.05, 0.1) is 5.92 Å². The number of hydrogen-bond donors (Lipinski definition) is 3. The van der Waals surface area contributed by atoms with Crippen LogP contribution in [-0.2, 0) is 4.79 Å². The highest BCUT2D eigenvalue weighted by Crippen LogP contribution is 2.21. The molecule has 0 spiro atoms. The zero-order valence-corrected chi connectivity index (χ0v) is 11.7. The molecule has 0 aromatic carbocycles. The second-order valence-electron chi connectivity index (χ2n) is 5.30. The zero-order valence-electron chi connectivity index (χ0n) is 11.7. The summed E-state index contributed by atoms with van der Waals surface area (Å²) in [5.41, 5.74) is 6.12. The molecule has 1 rings (SSSR count). The van der Waals surface area contributed by atoms with Gasteiger partial charge in [-0.05, 0) is 25.8 Å². The lowest BCUT2D eigenvalue weighted by Gasteiger charge is -2.25. The van der Waals surface area contributed by atoms with E-state index in [4.69, 9.17) is 5.73 Å². The molecular weight excluding hydrogens is 226 g/mol. The van der Waals surface area contributed by atoms with Crippen LogP contribution >= 0.6 is 0 Å². The molecule has 18 heavy (non-hydrogen) atoms. The van der Waals surface area contributed by atoms with Crippen LogP contribution in [0, 0.1) is 5.92 Å². The van der Waals surface area contributed by atoms with Gasteiger partial charge in [0.2, 0.25) is 5.91 Å². The van der Waals surface area contributed by atoms with Gasteiger partial charge in [-0.15, -0.1) is 0 Å². The molecule has 2 atom stereocenters. The molecule has 4 heteroatoms. The van der Waals surface area contributed by atoms with Gasteiger partial charge in [0.1, 0.15) is 0 Å². The number of carbonyl (C=O) groups is 1. The minimum atomic E-state index is 0.0245. The first-order valence-electron chi connectivity index (χ1n) is 7.49. The third-order valence-electron chi connectivity index (χ3n) is 3.68. The summed E-state index contributed by atoms with van der Waals surface area (Å²) < 4.78 is 0. The van der Waals surface area contributed by atoms with E-state index in [-0.39, 0.29) is 17.9 Å². The molecule has 1 amide bonds. The van der Waals surface area contributed by atoms with E-state index in [0.717, 1.165) is 38.8 Å². The predicted molar refractivity (Wildman–Crippen MR) is 75.3 cm³/mol. The second kappa shape index (κ2) is 9.34. The Hall–Kier alpha value is -0.610. The standard InChI is InChI=1S/C14H29N3O/c1-2-9-16-10-11-17-14(18)12-7-5-3-4-6-8-13(12)15/h12-13,16H,2-11,15H2,1H3,(H,17,18). The van der Waals surface area contributed by atoms with Crippen molar-refractivity contribution < 1.29 is 4.79 Å². The molecule has 0 heterocycles. The first kappa shape index (κ1) is 15.4. The third-order valence-corrected chi connectivity index (χ3v) is 3.68. The molecule has 1 saturated carbocycles. The molecule has 1 aliphatic rings. The maximum atomic E-state index is 12.1. The minimum Gasteiger partial charge on any atom is -0.355 e. The van der Waals surface area contributed by atoms with Crippen molar-refractivity contribution in [3.05, 3.63) is 0 Å². The quantitative estimate of drug-likeness (QED) is 0.629. The van der Waals surface area contributed by atoms with Crippen molar-refractivity contribution in [2.24, 2.45) is 11.7 Å². The molecule has 106 valence electrons. The van der Waals surface area contributed by atoms with E-state index < -0.39 is 0 Å².